The van der Waals surface area contributed by atoms with E-state index in [2.05, 4.69) is 10.2 Å². The standard InChI is InChI=1S/C9H18N2O/c12-9-2-1-5-11(7-9)8-3-4-10-6-8/h8-10,12H,1-7H2/t8-,9+/m0/s1. The molecule has 2 rings (SSSR count). The van der Waals surface area contributed by atoms with E-state index in [4.69, 9.17) is 0 Å². The van der Waals surface area contributed by atoms with Crippen LogP contribution >= 0.6 is 0 Å². The zero-order valence-corrected chi connectivity index (χ0v) is 7.50. The van der Waals surface area contributed by atoms with Crippen molar-refractivity contribution in [2.45, 2.75) is 31.4 Å². The second kappa shape index (κ2) is 3.73. The van der Waals surface area contributed by atoms with Crippen molar-refractivity contribution in [3.8, 4) is 0 Å². The van der Waals surface area contributed by atoms with E-state index in [1.54, 1.807) is 0 Å². The van der Waals surface area contributed by atoms with Crippen LogP contribution in [0, 0.1) is 0 Å². The highest BCUT2D eigenvalue weighted by Gasteiger charge is 2.26. The molecule has 2 heterocycles. The summed E-state index contributed by atoms with van der Waals surface area (Å²) in [6.45, 7) is 4.35. The van der Waals surface area contributed by atoms with E-state index in [0.717, 1.165) is 32.5 Å². The topological polar surface area (TPSA) is 35.5 Å². The van der Waals surface area contributed by atoms with Crippen LogP contribution in [-0.4, -0.2) is 48.3 Å². The predicted molar refractivity (Wildman–Crippen MR) is 48.1 cm³/mol. The number of hydrogen-bond acceptors (Lipinski definition) is 3. The van der Waals surface area contributed by atoms with Gasteiger partial charge in [-0.2, -0.15) is 0 Å². The SMILES string of the molecule is O[C@@H]1CCCN([C@H]2CCNC2)C1. The van der Waals surface area contributed by atoms with Crippen molar-refractivity contribution in [3.63, 3.8) is 0 Å². The highest BCUT2D eigenvalue weighted by Crippen LogP contribution is 2.16. The van der Waals surface area contributed by atoms with Gasteiger partial charge in [0.15, 0.2) is 0 Å². The summed E-state index contributed by atoms with van der Waals surface area (Å²) in [6.07, 6.45) is 3.35. The van der Waals surface area contributed by atoms with Crippen molar-refractivity contribution >= 4 is 0 Å². The molecule has 0 aromatic heterocycles. The fraction of sp³-hybridized carbons (Fsp3) is 1.00. The molecular weight excluding hydrogens is 152 g/mol. The number of aliphatic hydroxyl groups excluding tert-OH is 1. The maximum atomic E-state index is 9.48. The van der Waals surface area contributed by atoms with Crippen molar-refractivity contribution in [1.29, 1.82) is 0 Å². The number of hydrogen-bond donors (Lipinski definition) is 2. The lowest BCUT2D eigenvalue weighted by Crippen LogP contribution is -2.45. The monoisotopic (exact) mass is 170 g/mol. The first-order valence-corrected chi connectivity index (χ1v) is 4.99. The zero-order valence-electron chi connectivity index (χ0n) is 7.50. The summed E-state index contributed by atoms with van der Waals surface area (Å²) in [4.78, 5) is 2.44. The minimum absolute atomic E-state index is 0.0700. The van der Waals surface area contributed by atoms with Crippen LogP contribution in [-0.2, 0) is 0 Å². The minimum atomic E-state index is -0.0700. The Morgan fingerprint density at radius 3 is 2.92 bits per heavy atom. The van der Waals surface area contributed by atoms with Gasteiger partial charge in [-0.3, -0.25) is 4.90 Å². The lowest BCUT2D eigenvalue weighted by molar-refractivity contribution is 0.0509. The van der Waals surface area contributed by atoms with Crippen LogP contribution in [0.2, 0.25) is 0 Å². The number of β-amino-alcohol motifs (C(OH)–C–C–N with tert-alkyl or cyclic N) is 1. The van der Waals surface area contributed by atoms with Gasteiger partial charge in [0.1, 0.15) is 0 Å². The Kier molecular flexibility index (Phi) is 2.63. The molecule has 0 radical (unpaired) electrons. The molecule has 2 atom stereocenters. The maximum absolute atomic E-state index is 9.48. The van der Waals surface area contributed by atoms with E-state index in [1.165, 1.54) is 13.0 Å². The van der Waals surface area contributed by atoms with Gasteiger partial charge < -0.3 is 10.4 Å². The average molecular weight is 170 g/mol. The van der Waals surface area contributed by atoms with Crippen LogP contribution in [0.5, 0.6) is 0 Å². The van der Waals surface area contributed by atoms with Crippen LogP contribution in [0.4, 0.5) is 0 Å². The molecule has 2 saturated heterocycles. The second-order valence-corrected chi connectivity index (χ2v) is 3.94. The molecule has 0 aromatic carbocycles. The third kappa shape index (κ3) is 1.79. The molecule has 2 aliphatic rings. The molecule has 2 fully saturated rings. The Morgan fingerprint density at radius 1 is 1.33 bits per heavy atom. The van der Waals surface area contributed by atoms with Crippen molar-refractivity contribution in [1.82, 2.24) is 10.2 Å². The normalized spacial score (nSPS) is 38.8. The largest absolute Gasteiger partial charge is 0.392 e. The summed E-state index contributed by atoms with van der Waals surface area (Å²) in [5.74, 6) is 0. The number of likely N-dealkylation sites (tertiary alicyclic amines) is 1. The molecule has 3 nitrogen and oxygen atoms in total. The van der Waals surface area contributed by atoms with Gasteiger partial charge in [-0.25, -0.2) is 0 Å². The van der Waals surface area contributed by atoms with Crippen molar-refractivity contribution in [2.75, 3.05) is 26.2 Å². The van der Waals surface area contributed by atoms with Gasteiger partial charge in [0, 0.05) is 19.1 Å². The lowest BCUT2D eigenvalue weighted by Gasteiger charge is -2.34. The van der Waals surface area contributed by atoms with Crippen LogP contribution < -0.4 is 5.32 Å². The van der Waals surface area contributed by atoms with Gasteiger partial charge in [0.25, 0.3) is 0 Å². The van der Waals surface area contributed by atoms with Crippen LogP contribution in [0.25, 0.3) is 0 Å². The molecule has 0 aliphatic carbocycles. The predicted octanol–water partition coefficient (Wildman–Crippen LogP) is -0.195. The molecule has 0 amide bonds. The molecule has 0 bridgehead atoms. The fourth-order valence-corrected chi connectivity index (χ4v) is 2.27. The first kappa shape index (κ1) is 8.48. The Labute approximate surface area is 73.8 Å². The van der Waals surface area contributed by atoms with E-state index >= 15 is 0 Å². The first-order valence-electron chi connectivity index (χ1n) is 4.99. The molecule has 0 saturated carbocycles. The molecular formula is C9H18N2O. The van der Waals surface area contributed by atoms with Gasteiger partial charge in [0.05, 0.1) is 6.10 Å². The minimum Gasteiger partial charge on any atom is -0.392 e. The van der Waals surface area contributed by atoms with Crippen LogP contribution in [0.1, 0.15) is 19.3 Å². The molecule has 0 spiro atoms. The Bertz CT molecular complexity index is 145. The number of rotatable bonds is 1. The Hall–Kier alpha value is -0.120. The van der Waals surface area contributed by atoms with Crippen molar-refractivity contribution in [3.05, 3.63) is 0 Å². The quantitative estimate of drug-likeness (QED) is 0.572. The van der Waals surface area contributed by atoms with Gasteiger partial charge in [-0.1, -0.05) is 0 Å². The van der Waals surface area contributed by atoms with E-state index in [1.807, 2.05) is 0 Å². The van der Waals surface area contributed by atoms with Gasteiger partial charge in [-0.15, -0.1) is 0 Å². The summed E-state index contributed by atoms with van der Waals surface area (Å²) in [6, 6.07) is 0.694. The smallest absolute Gasteiger partial charge is 0.0667 e. The highest BCUT2D eigenvalue weighted by atomic mass is 16.3. The van der Waals surface area contributed by atoms with Gasteiger partial charge >= 0.3 is 0 Å². The molecule has 2 aliphatic heterocycles. The van der Waals surface area contributed by atoms with E-state index in [9.17, 15) is 5.11 Å². The molecule has 70 valence electrons. The van der Waals surface area contributed by atoms with E-state index < -0.39 is 0 Å². The summed E-state index contributed by atoms with van der Waals surface area (Å²) < 4.78 is 0. The third-order valence-corrected chi connectivity index (χ3v) is 2.98. The molecule has 12 heavy (non-hydrogen) atoms. The molecule has 0 aromatic rings. The number of nitrogens with one attached hydrogen (secondary N) is 1. The van der Waals surface area contributed by atoms with Gasteiger partial charge in [0.2, 0.25) is 0 Å². The third-order valence-electron chi connectivity index (χ3n) is 2.98. The number of nitrogens with zero attached hydrogens (tertiary/aromatic N) is 1. The highest BCUT2D eigenvalue weighted by molar-refractivity contribution is 4.84. The molecule has 0 unspecified atom stereocenters. The maximum Gasteiger partial charge on any atom is 0.0667 e. The van der Waals surface area contributed by atoms with Crippen molar-refractivity contribution in [2.24, 2.45) is 0 Å². The van der Waals surface area contributed by atoms with E-state index in [-0.39, 0.29) is 6.10 Å². The lowest BCUT2D eigenvalue weighted by atomic mass is 10.1. The Morgan fingerprint density at radius 2 is 2.25 bits per heavy atom. The second-order valence-electron chi connectivity index (χ2n) is 3.94. The molecule has 2 N–H and O–H groups in total. The summed E-state index contributed by atoms with van der Waals surface area (Å²) in [5, 5.41) is 12.8. The van der Waals surface area contributed by atoms with Gasteiger partial charge in [-0.05, 0) is 32.4 Å². The summed E-state index contributed by atoms with van der Waals surface area (Å²) in [7, 11) is 0. The number of piperidine rings is 1. The summed E-state index contributed by atoms with van der Waals surface area (Å²) in [5.41, 5.74) is 0. The van der Waals surface area contributed by atoms with Crippen molar-refractivity contribution < 1.29 is 5.11 Å². The summed E-state index contributed by atoms with van der Waals surface area (Å²) >= 11 is 0. The van der Waals surface area contributed by atoms with E-state index in [0.29, 0.717) is 6.04 Å². The first-order chi connectivity index (χ1) is 5.86. The molecule has 3 heteroatoms. The number of aliphatic hydroxyl groups is 1. The zero-order chi connectivity index (χ0) is 8.39. The fourth-order valence-electron chi connectivity index (χ4n) is 2.27. The van der Waals surface area contributed by atoms with Crippen LogP contribution in [0.15, 0.2) is 0 Å². The van der Waals surface area contributed by atoms with Crippen LogP contribution in [0.3, 0.4) is 0 Å². The average Bonchev–Trinajstić information content (AvgIpc) is 2.56. The Balaban J connectivity index is 1.85.